The van der Waals surface area contributed by atoms with Gasteiger partial charge in [0.05, 0.1) is 0 Å². The Kier molecular flexibility index (Phi) is 5.35. The van der Waals surface area contributed by atoms with Crippen molar-refractivity contribution in [3.8, 4) is 5.75 Å². The van der Waals surface area contributed by atoms with Gasteiger partial charge in [0.1, 0.15) is 17.7 Å². The Hall–Kier alpha value is -1.62. The van der Waals surface area contributed by atoms with Gasteiger partial charge in [-0.25, -0.2) is 9.18 Å². The Morgan fingerprint density at radius 2 is 1.95 bits per heavy atom. The number of ether oxygens (including phenoxy) is 2. The second-order valence-corrected chi connectivity index (χ2v) is 5.05. The lowest BCUT2D eigenvalue weighted by Gasteiger charge is -2.20. The number of nitrogens with zero attached hydrogens (tertiary/aromatic N) is 1. The number of esters is 1. The Bertz CT molecular complexity index is 429. The second kappa shape index (κ2) is 7.24. The van der Waals surface area contributed by atoms with Crippen LogP contribution in [0.5, 0.6) is 5.75 Å². The van der Waals surface area contributed by atoms with Crippen molar-refractivity contribution in [3.05, 3.63) is 30.1 Å². The van der Waals surface area contributed by atoms with Crippen LogP contribution in [-0.4, -0.2) is 43.2 Å². The molecule has 2 rings (SSSR count). The third kappa shape index (κ3) is 4.81. The fourth-order valence-corrected chi connectivity index (χ4v) is 2.30. The largest absolute Gasteiger partial charge is 0.482 e. The first kappa shape index (κ1) is 14.8. The van der Waals surface area contributed by atoms with E-state index in [9.17, 15) is 9.18 Å². The maximum Gasteiger partial charge on any atom is 0.344 e. The van der Waals surface area contributed by atoms with E-state index >= 15 is 0 Å². The topological polar surface area (TPSA) is 38.8 Å². The molecule has 1 aliphatic rings. The van der Waals surface area contributed by atoms with E-state index < -0.39 is 5.97 Å². The van der Waals surface area contributed by atoms with Crippen LogP contribution < -0.4 is 4.74 Å². The van der Waals surface area contributed by atoms with Gasteiger partial charge in [-0.3, -0.25) is 4.90 Å². The summed E-state index contributed by atoms with van der Waals surface area (Å²) in [5.41, 5.74) is 0. The van der Waals surface area contributed by atoms with Gasteiger partial charge in [-0.1, -0.05) is 0 Å². The maximum absolute atomic E-state index is 12.7. The molecule has 1 heterocycles. The fourth-order valence-electron chi connectivity index (χ4n) is 2.30. The summed E-state index contributed by atoms with van der Waals surface area (Å²) in [5.74, 6) is -0.282. The minimum atomic E-state index is -0.402. The molecule has 0 amide bonds. The Balaban J connectivity index is 1.67. The normalized spacial score (nSPS) is 16.9. The number of carbonyl (C=O) groups excluding carboxylic acids is 1. The predicted molar refractivity (Wildman–Crippen MR) is 73.1 cm³/mol. The van der Waals surface area contributed by atoms with E-state index in [4.69, 9.17) is 9.47 Å². The summed E-state index contributed by atoms with van der Waals surface area (Å²) in [7, 11) is 0. The van der Waals surface area contributed by atoms with Crippen LogP contribution in [0.1, 0.15) is 19.8 Å². The van der Waals surface area contributed by atoms with Crippen molar-refractivity contribution < 1.29 is 18.7 Å². The maximum atomic E-state index is 12.7. The van der Waals surface area contributed by atoms with Crippen LogP contribution in [-0.2, 0) is 9.53 Å². The van der Waals surface area contributed by atoms with Gasteiger partial charge >= 0.3 is 5.97 Å². The summed E-state index contributed by atoms with van der Waals surface area (Å²) < 4.78 is 23.2. The Morgan fingerprint density at radius 1 is 1.30 bits per heavy atom. The SMILES string of the molecule is CC(CN1CCCC1)OC(=O)COc1ccc(F)cc1. The molecular weight excluding hydrogens is 261 g/mol. The highest BCUT2D eigenvalue weighted by molar-refractivity contribution is 5.71. The van der Waals surface area contributed by atoms with Gasteiger partial charge in [-0.15, -0.1) is 0 Å². The van der Waals surface area contributed by atoms with Crippen LogP contribution in [0.4, 0.5) is 4.39 Å². The van der Waals surface area contributed by atoms with E-state index in [-0.39, 0.29) is 18.5 Å². The van der Waals surface area contributed by atoms with Crippen molar-refractivity contribution in [2.45, 2.75) is 25.9 Å². The number of rotatable bonds is 6. The van der Waals surface area contributed by atoms with Crippen LogP contribution in [0.3, 0.4) is 0 Å². The molecule has 0 N–H and O–H groups in total. The molecule has 1 aliphatic heterocycles. The molecule has 0 radical (unpaired) electrons. The van der Waals surface area contributed by atoms with Gasteiger partial charge in [0.25, 0.3) is 0 Å². The highest BCUT2D eigenvalue weighted by Gasteiger charge is 2.17. The first-order valence-electron chi connectivity index (χ1n) is 6.93. The molecular formula is C15H20FNO3. The molecule has 20 heavy (non-hydrogen) atoms. The van der Waals surface area contributed by atoms with Crippen molar-refractivity contribution >= 4 is 5.97 Å². The molecule has 110 valence electrons. The van der Waals surface area contributed by atoms with E-state index in [1.54, 1.807) is 0 Å². The molecule has 0 aliphatic carbocycles. The van der Waals surface area contributed by atoms with Gasteiger partial charge in [0.15, 0.2) is 6.61 Å². The highest BCUT2D eigenvalue weighted by Crippen LogP contribution is 2.12. The lowest BCUT2D eigenvalue weighted by atomic mass is 10.3. The number of likely N-dealkylation sites (tertiary alicyclic amines) is 1. The summed E-state index contributed by atoms with van der Waals surface area (Å²) in [6, 6.07) is 5.54. The molecule has 0 saturated carbocycles. The minimum Gasteiger partial charge on any atom is -0.482 e. The predicted octanol–water partition coefficient (Wildman–Crippen LogP) is 2.23. The molecule has 1 fully saturated rings. The van der Waals surface area contributed by atoms with Gasteiger partial charge < -0.3 is 9.47 Å². The number of benzene rings is 1. The summed E-state index contributed by atoms with van der Waals surface area (Å²) in [6.45, 7) is 4.65. The third-order valence-corrected chi connectivity index (χ3v) is 3.22. The van der Waals surface area contributed by atoms with Gasteiger partial charge in [-0.05, 0) is 57.1 Å². The number of hydrogen-bond donors (Lipinski definition) is 0. The number of carbonyl (C=O) groups is 1. The lowest BCUT2D eigenvalue weighted by molar-refractivity contribution is -0.151. The average Bonchev–Trinajstić information content (AvgIpc) is 2.90. The molecule has 1 aromatic carbocycles. The first-order chi connectivity index (χ1) is 9.63. The second-order valence-electron chi connectivity index (χ2n) is 5.05. The first-order valence-corrected chi connectivity index (χ1v) is 6.93. The third-order valence-electron chi connectivity index (χ3n) is 3.22. The molecule has 5 heteroatoms. The monoisotopic (exact) mass is 281 g/mol. The van der Waals surface area contributed by atoms with Gasteiger partial charge in [0.2, 0.25) is 0 Å². The summed E-state index contributed by atoms with van der Waals surface area (Å²) in [6.07, 6.45) is 2.29. The quantitative estimate of drug-likeness (QED) is 0.750. The van der Waals surface area contributed by atoms with E-state index in [0.717, 1.165) is 19.6 Å². The lowest BCUT2D eigenvalue weighted by Crippen LogP contribution is -2.32. The highest BCUT2D eigenvalue weighted by atomic mass is 19.1. The molecule has 0 spiro atoms. The summed E-state index contributed by atoms with van der Waals surface area (Å²) in [4.78, 5) is 13.9. The zero-order valence-electron chi connectivity index (χ0n) is 11.7. The van der Waals surface area contributed by atoms with E-state index in [1.165, 1.54) is 37.1 Å². The average molecular weight is 281 g/mol. The fraction of sp³-hybridized carbons (Fsp3) is 0.533. The van der Waals surface area contributed by atoms with Gasteiger partial charge in [-0.2, -0.15) is 0 Å². The van der Waals surface area contributed by atoms with Crippen LogP contribution in [0.15, 0.2) is 24.3 Å². The molecule has 1 atom stereocenters. The zero-order chi connectivity index (χ0) is 14.4. The minimum absolute atomic E-state index is 0.141. The van der Waals surface area contributed by atoms with E-state index in [0.29, 0.717) is 5.75 Å². The van der Waals surface area contributed by atoms with E-state index in [2.05, 4.69) is 4.90 Å². The molecule has 1 unspecified atom stereocenters. The van der Waals surface area contributed by atoms with Crippen LogP contribution >= 0.6 is 0 Å². The molecule has 1 aromatic rings. The van der Waals surface area contributed by atoms with Crippen molar-refractivity contribution in [3.63, 3.8) is 0 Å². The molecule has 0 bridgehead atoms. The molecule has 1 saturated heterocycles. The van der Waals surface area contributed by atoms with Gasteiger partial charge in [0, 0.05) is 6.54 Å². The number of halogens is 1. The standard InChI is InChI=1S/C15H20FNO3/c1-12(10-17-8-2-3-9-17)20-15(18)11-19-14-6-4-13(16)5-7-14/h4-7,12H,2-3,8-11H2,1H3. The summed E-state index contributed by atoms with van der Waals surface area (Å²) >= 11 is 0. The van der Waals surface area contributed by atoms with Crippen LogP contribution in [0.25, 0.3) is 0 Å². The van der Waals surface area contributed by atoms with Crippen molar-refractivity contribution in [1.29, 1.82) is 0 Å². The Morgan fingerprint density at radius 3 is 2.60 bits per heavy atom. The molecule has 4 nitrogen and oxygen atoms in total. The van der Waals surface area contributed by atoms with E-state index in [1.807, 2.05) is 6.92 Å². The zero-order valence-corrected chi connectivity index (χ0v) is 11.7. The van der Waals surface area contributed by atoms with Crippen molar-refractivity contribution in [2.24, 2.45) is 0 Å². The number of hydrogen-bond acceptors (Lipinski definition) is 4. The molecule has 0 aromatic heterocycles. The van der Waals surface area contributed by atoms with Crippen molar-refractivity contribution in [2.75, 3.05) is 26.2 Å². The van der Waals surface area contributed by atoms with Crippen LogP contribution in [0.2, 0.25) is 0 Å². The van der Waals surface area contributed by atoms with Crippen molar-refractivity contribution in [1.82, 2.24) is 4.90 Å². The Labute approximate surface area is 118 Å². The summed E-state index contributed by atoms with van der Waals surface area (Å²) in [5, 5.41) is 0. The smallest absolute Gasteiger partial charge is 0.344 e. The van der Waals surface area contributed by atoms with Crippen LogP contribution in [0, 0.1) is 5.82 Å².